The normalized spacial score (nSPS) is 30.8. The SMILES string of the molecule is Cc1noc(C)c1CN1CC[C@@H]2C[C@H](C(=O)NC3CCC3)O[C@H]2C1. The van der Waals surface area contributed by atoms with E-state index in [0.29, 0.717) is 12.0 Å². The Labute approximate surface area is 142 Å². The van der Waals surface area contributed by atoms with Crippen LogP contribution in [-0.2, 0) is 16.1 Å². The first-order valence-electron chi connectivity index (χ1n) is 9.20. The first kappa shape index (κ1) is 16.1. The number of likely N-dealkylation sites (tertiary alicyclic amines) is 1. The lowest BCUT2D eigenvalue weighted by Gasteiger charge is -2.33. The van der Waals surface area contributed by atoms with Crippen molar-refractivity contribution in [2.45, 2.75) is 70.7 Å². The smallest absolute Gasteiger partial charge is 0.249 e. The average molecular weight is 333 g/mol. The zero-order chi connectivity index (χ0) is 16.7. The number of ether oxygens (including phenoxy) is 1. The number of aryl methyl sites for hydroxylation is 2. The molecule has 0 spiro atoms. The molecule has 2 aliphatic heterocycles. The molecule has 1 saturated carbocycles. The lowest BCUT2D eigenvalue weighted by atomic mass is 9.90. The molecule has 3 fully saturated rings. The van der Waals surface area contributed by atoms with Crippen molar-refractivity contribution in [3.8, 4) is 0 Å². The minimum Gasteiger partial charge on any atom is -0.364 e. The summed E-state index contributed by atoms with van der Waals surface area (Å²) in [6, 6.07) is 0.389. The number of carbonyl (C=O) groups excluding carboxylic acids is 1. The molecular formula is C18H27N3O3. The van der Waals surface area contributed by atoms with E-state index in [9.17, 15) is 4.79 Å². The summed E-state index contributed by atoms with van der Waals surface area (Å²) in [4.78, 5) is 14.8. The zero-order valence-electron chi connectivity index (χ0n) is 14.6. The number of hydrogen-bond donors (Lipinski definition) is 1. The van der Waals surface area contributed by atoms with Crippen molar-refractivity contribution in [2.24, 2.45) is 5.92 Å². The van der Waals surface area contributed by atoms with E-state index >= 15 is 0 Å². The summed E-state index contributed by atoms with van der Waals surface area (Å²) >= 11 is 0. The number of nitrogens with zero attached hydrogens (tertiary/aromatic N) is 2. The second-order valence-corrected chi connectivity index (χ2v) is 7.62. The zero-order valence-corrected chi connectivity index (χ0v) is 14.6. The molecule has 1 N–H and O–H groups in total. The third kappa shape index (κ3) is 3.09. The van der Waals surface area contributed by atoms with Crippen molar-refractivity contribution in [2.75, 3.05) is 13.1 Å². The summed E-state index contributed by atoms with van der Waals surface area (Å²) < 4.78 is 11.4. The summed E-state index contributed by atoms with van der Waals surface area (Å²) in [6.07, 6.45) is 5.38. The Balaban J connectivity index is 1.33. The standard InChI is InChI=1S/C18H27N3O3/c1-11-15(12(2)24-20-11)9-21-7-6-13-8-16(23-17(13)10-21)18(22)19-14-4-3-5-14/h13-14,16-17H,3-10H2,1-2H3,(H,19,22)/t13-,16-,17+/m1/s1. The van der Waals surface area contributed by atoms with E-state index in [-0.39, 0.29) is 18.1 Å². The molecule has 3 heterocycles. The van der Waals surface area contributed by atoms with Gasteiger partial charge in [0.2, 0.25) is 5.91 Å². The Kier molecular flexibility index (Phi) is 4.35. The molecule has 0 radical (unpaired) electrons. The number of amides is 1. The van der Waals surface area contributed by atoms with Gasteiger partial charge in [0.15, 0.2) is 0 Å². The van der Waals surface area contributed by atoms with Gasteiger partial charge < -0.3 is 14.6 Å². The number of carbonyl (C=O) groups is 1. The number of hydrogen-bond acceptors (Lipinski definition) is 5. The predicted octanol–water partition coefficient (Wildman–Crippen LogP) is 1.94. The van der Waals surface area contributed by atoms with Crippen molar-refractivity contribution < 1.29 is 14.1 Å². The Morgan fingerprint density at radius 1 is 1.33 bits per heavy atom. The molecule has 3 aliphatic rings. The lowest BCUT2D eigenvalue weighted by Crippen LogP contribution is -2.45. The van der Waals surface area contributed by atoms with Crippen LogP contribution in [-0.4, -0.2) is 47.3 Å². The predicted molar refractivity (Wildman–Crippen MR) is 88.4 cm³/mol. The van der Waals surface area contributed by atoms with E-state index in [4.69, 9.17) is 9.26 Å². The molecule has 1 amide bonds. The van der Waals surface area contributed by atoms with Gasteiger partial charge in [-0.2, -0.15) is 0 Å². The highest BCUT2D eigenvalue weighted by Gasteiger charge is 2.42. The Hall–Kier alpha value is -1.40. The van der Waals surface area contributed by atoms with Crippen molar-refractivity contribution in [3.05, 3.63) is 17.0 Å². The van der Waals surface area contributed by atoms with Crippen molar-refractivity contribution in [1.82, 2.24) is 15.4 Å². The highest BCUT2D eigenvalue weighted by Crippen LogP contribution is 2.34. The van der Waals surface area contributed by atoms with E-state index in [1.165, 1.54) is 12.0 Å². The maximum Gasteiger partial charge on any atom is 0.249 e. The summed E-state index contributed by atoms with van der Waals surface area (Å²) in [5.41, 5.74) is 2.16. The minimum atomic E-state index is -0.250. The molecule has 6 nitrogen and oxygen atoms in total. The molecule has 132 valence electrons. The van der Waals surface area contributed by atoms with Crippen molar-refractivity contribution >= 4 is 5.91 Å². The van der Waals surface area contributed by atoms with Crippen LogP contribution in [0, 0.1) is 19.8 Å². The van der Waals surface area contributed by atoms with Crippen LogP contribution < -0.4 is 5.32 Å². The molecule has 2 saturated heterocycles. The fraction of sp³-hybridized carbons (Fsp3) is 0.778. The van der Waals surface area contributed by atoms with Crippen LogP contribution in [0.25, 0.3) is 0 Å². The second-order valence-electron chi connectivity index (χ2n) is 7.62. The van der Waals surface area contributed by atoms with Crippen molar-refractivity contribution in [1.29, 1.82) is 0 Å². The highest BCUT2D eigenvalue weighted by molar-refractivity contribution is 5.81. The summed E-state index contributed by atoms with van der Waals surface area (Å²) in [6.45, 7) is 6.75. The molecule has 1 aromatic heterocycles. The number of fused-ring (bicyclic) bond motifs is 1. The minimum absolute atomic E-state index is 0.103. The van der Waals surface area contributed by atoms with Gasteiger partial charge in [-0.15, -0.1) is 0 Å². The van der Waals surface area contributed by atoms with Gasteiger partial charge >= 0.3 is 0 Å². The van der Waals surface area contributed by atoms with Gasteiger partial charge in [0.1, 0.15) is 11.9 Å². The third-order valence-corrected chi connectivity index (χ3v) is 5.94. The molecule has 6 heteroatoms. The fourth-order valence-corrected chi connectivity index (χ4v) is 4.10. The van der Waals surface area contributed by atoms with Gasteiger partial charge in [0.05, 0.1) is 11.8 Å². The lowest BCUT2D eigenvalue weighted by molar-refractivity contribution is -0.134. The van der Waals surface area contributed by atoms with Gasteiger partial charge in [0, 0.05) is 24.7 Å². The molecular weight excluding hydrogens is 306 g/mol. The first-order valence-corrected chi connectivity index (χ1v) is 9.20. The molecule has 0 unspecified atom stereocenters. The number of piperidine rings is 1. The maximum atomic E-state index is 12.3. The van der Waals surface area contributed by atoms with Crippen LogP contribution in [0.3, 0.4) is 0 Å². The first-order chi connectivity index (χ1) is 11.6. The van der Waals surface area contributed by atoms with Crippen LogP contribution >= 0.6 is 0 Å². The van der Waals surface area contributed by atoms with Crippen LogP contribution in [0.5, 0.6) is 0 Å². The maximum absolute atomic E-state index is 12.3. The van der Waals surface area contributed by atoms with Gasteiger partial charge in [-0.25, -0.2) is 0 Å². The van der Waals surface area contributed by atoms with Crippen LogP contribution in [0.1, 0.15) is 49.1 Å². The molecule has 1 aromatic rings. The highest BCUT2D eigenvalue weighted by atomic mass is 16.5. The molecule has 24 heavy (non-hydrogen) atoms. The fourth-order valence-electron chi connectivity index (χ4n) is 4.10. The summed E-state index contributed by atoms with van der Waals surface area (Å²) in [5, 5.41) is 7.17. The van der Waals surface area contributed by atoms with Crippen LogP contribution in [0.4, 0.5) is 0 Å². The quantitative estimate of drug-likeness (QED) is 0.912. The molecule has 0 aromatic carbocycles. The Bertz CT molecular complexity index is 591. The Morgan fingerprint density at radius 2 is 2.17 bits per heavy atom. The van der Waals surface area contributed by atoms with Crippen molar-refractivity contribution in [3.63, 3.8) is 0 Å². The average Bonchev–Trinajstić information content (AvgIpc) is 3.08. The summed E-state index contributed by atoms with van der Waals surface area (Å²) in [5.74, 6) is 1.52. The van der Waals surface area contributed by atoms with E-state index < -0.39 is 0 Å². The van der Waals surface area contributed by atoms with E-state index in [1.807, 2.05) is 13.8 Å². The molecule has 0 bridgehead atoms. The second kappa shape index (κ2) is 6.48. The van der Waals surface area contributed by atoms with E-state index in [2.05, 4.69) is 15.4 Å². The van der Waals surface area contributed by atoms with Crippen LogP contribution in [0.15, 0.2) is 4.52 Å². The molecule has 4 rings (SSSR count). The van der Waals surface area contributed by atoms with Gasteiger partial charge in [-0.05, 0) is 58.4 Å². The molecule has 3 atom stereocenters. The number of rotatable bonds is 4. The van der Waals surface area contributed by atoms with Gasteiger partial charge in [-0.1, -0.05) is 5.16 Å². The van der Waals surface area contributed by atoms with E-state index in [0.717, 1.165) is 56.8 Å². The van der Waals surface area contributed by atoms with Crippen LogP contribution in [0.2, 0.25) is 0 Å². The Morgan fingerprint density at radius 3 is 2.83 bits per heavy atom. The monoisotopic (exact) mass is 333 g/mol. The van der Waals surface area contributed by atoms with Gasteiger partial charge in [0.25, 0.3) is 0 Å². The number of aromatic nitrogens is 1. The largest absolute Gasteiger partial charge is 0.364 e. The number of nitrogens with one attached hydrogen (secondary N) is 1. The van der Waals surface area contributed by atoms with Gasteiger partial charge in [-0.3, -0.25) is 9.69 Å². The van der Waals surface area contributed by atoms with E-state index in [1.54, 1.807) is 0 Å². The topological polar surface area (TPSA) is 67.6 Å². The summed E-state index contributed by atoms with van der Waals surface area (Å²) in [7, 11) is 0. The molecule has 1 aliphatic carbocycles. The third-order valence-electron chi connectivity index (χ3n) is 5.94.